The Morgan fingerprint density at radius 1 is 0.977 bits per heavy atom. The van der Waals surface area contributed by atoms with E-state index in [0.717, 1.165) is 18.4 Å². The fourth-order valence-electron chi connectivity index (χ4n) is 5.44. The minimum Gasteiger partial charge on any atom is -0.360 e. The molecular weight excluding hydrogens is 574 g/mol. The van der Waals surface area contributed by atoms with Crippen LogP contribution in [0.25, 0.3) is 11.3 Å². The predicted molar refractivity (Wildman–Crippen MR) is 164 cm³/mol. The minimum absolute atomic E-state index is 0.00727. The summed E-state index contributed by atoms with van der Waals surface area (Å²) in [6, 6.07) is 10.3. The number of hydrogen-bond acceptors (Lipinski definition) is 5. The molecule has 2 amide bonds. The average Bonchev–Trinajstić information content (AvgIpc) is 3.38. The molecule has 0 unspecified atom stereocenters. The lowest BCUT2D eigenvalue weighted by molar-refractivity contribution is -0.133. The fraction of sp³-hybridized carbons (Fsp3) is 0.485. The molecule has 0 spiro atoms. The highest BCUT2D eigenvalue weighted by Gasteiger charge is 2.30. The average molecular weight is 615 g/mol. The van der Waals surface area contributed by atoms with Gasteiger partial charge in [-0.2, -0.15) is 0 Å². The van der Waals surface area contributed by atoms with Crippen molar-refractivity contribution in [1.29, 1.82) is 0 Å². The molecule has 1 saturated heterocycles. The van der Waals surface area contributed by atoms with Crippen molar-refractivity contribution in [2.24, 2.45) is 0 Å². The van der Waals surface area contributed by atoms with Crippen LogP contribution in [0.3, 0.4) is 0 Å². The van der Waals surface area contributed by atoms with E-state index in [0.29, 0.717) is 45.7 Å². The Hall–Kier alpha value is -3.30. The zero-order valence-corrected chi connectivity index (χ0v) is 25.8. The van der Waals surface area contributed by atoms with Gasteiger partial charge in [0.1, 0.15) is 28.7 Å². The Balaban J connectivity index is 1.41. The third kappa shape index (κ3) is 8.86. The number of unbranched alkanes of at least 4 members (excludes halogenated alkanes) is 5. The van der Waals surface area contributed by atoms with Gasteiger partial charge in [-0.15, -0.1) is 0 Å². The van der Waals surface area contributed by atoms with Crippen molar-refractivity contribution >= 4 is 23.4 Å². The number of hydrogen-bond donors (Lipinski definition) is 0. The highest BCUT2D eigenvalue weighted by atomic mass is 35.5. The quantitative estimate of drug-likeness (QED) is 0.181. The zero-order valence-electron chi connectivity index (χ0n) is 25.1. The number of amides is 2. The Labute approximate surface area is 257 Å². The number of rotatable bonds is 14. The maximum Gasteiger partial charge on any atom is 0.260 e. The summed E-state index contributed by atoms with van der Waals surface area (Å²) in [4.78, 5) is 32.6. The van der Waals surface area contributed by atoms with Gasteiger partial charge in [0, 0.05) is 52.2 Å². The highest BCUT2D eigenvalue weighted by molar-refractivity contribution is 6.33. The third-order valence-electron chi connectivity index (χ3n) is 8.01. The molecule has 0 radical (unpaired) electrons. The minimum atomic E-state index is -0.608. The Bertz CT molecular complexity index is 1340. The van der Waals surface area contributed by atoms with Crippen molar-refractivity contribution in [2.75, 3.05) is 39.3 Å². The van der Waals surface area contributed by atoms with Gasteiger partial charge in [-0.25, -0.2) is 8.78 Å². The van der Waals surface area contributed by atoms with Gasteiger partial charge in [0.2, 0.25) is 5.91 Å². The Morgan fingerprint density at radius 3 is 2.37 bits per heavy atom. The van der Waals surface area contributed by atoms with Crippen LogP contribution in [0.5, 0.6) is 0 Å². The molecule has 0 N–H and O–H groups in total. The SMILES string of the molecule is CCCCCCCCC(=O)N1CCN(CCN(Cc2ccc(F)cc2)C(=O)c2c(-c3c(F)cccc3Cl)noc2C)CC1. The number of carbonyl (C=O) groups is 2. The van der Waals surface area contributed by atoms with E-state index in [9.17, 15) is 18.4 Å². The van der Waals surface area contributed by atoms with Gasteiger partial charge in [-0.3, -0.25) is 14.5 Å². The van der Waals surface area contributed by atoms with Crippen LogP contribution in [0.15, 0.2) is 47.0 Å². The largest absolute Gasteiger partial charge is 0.360 e. The molecule has 1 aliphatic rings. The monoisotopic (exact) mass is 614 g/mol. The lowest BCUT2D eigenvalue weighted by atomic mass is 10.0. The smallest absolute Gasteiger partial charge is 0.260 e. The van der Waals surface area contributed by atoms with Gasteiger partial charge in [-0.1, -0.05) is 74.0 Å². The van der Waals surface area contributed by atoms with E-state index in [1.807, 2.05) is 4.90 Å². The number of halogens is 3. The first-order valence-corrected chi connectivity index (χ1v) is 15.6. The summed E-state index contributed by atoms with van der Waals surface area (Å²) < 4.78 is 33.8. The molecule has 0 bridgehead atoms. The fourth-order valence-corrected chi connectivity index (χ4v) is 5.69. The standard InChI is InChI=1S/C33H41ClF2N4O3/c1-3-4-5-6-7-8-12-29(41)39-20-17-38(18-21-39)19-22-40(23-25-13-15-26(35)16-14-25)33(42)30-24(2)43-37-32(30)31-27(34)10-9-11-28(31)36/h9-11,13-16H,3-8,12,17-23H2,1-2H3. The summed E-state index contributed by atoms with van der Waals surface area (Å²) in [5.41, 5.74) is 0.943. The van der Waals surface area contributed by atoms with E-state index in [-0.39, 0.29) is 51.8 Å². The molecule has 232 valence electrons. The summed E-state index contributed by atoms with van der Waals surface area (Å²) in [5, 5.41) is 4.12. The molecule has 0 atom stereocenters. The van der Waals surface area contributed by atoms with Crippen LogP contribution >= 0.6 is 11.6 Å². The van der Waals surface area contributed by atoms with Crippen molar-refractivity contribution in [3.8, 4) is 11.3 Å². The highest BCUT2D eigenvalue weighted by Crippen LogP contribution is 2.34. The Kier molecular flexibility index (Phi) is 12.1. The molecule has 0 aliphatic carbocycles. The molecule has 1 aromatic heterocycles. The molecular formula is C33H41ClF2N4O3. The van der Waals surface area contributed by atoms with Crippen LogP contribution in [0.4, 0.5) is 8.78 Å². The summed E-state index contributed by atoms with van der Waals surface area (Å²) in [7, 11) is 0. The molecule has 1 fully saturated rings. The van der Waals surface area contributed by atoms with Gasteiger partial charge in [0.05, 0.1) is 10.6 Å². The molecule has 43 heavy (non-hydrogen) atoms. The van der Waals surface area contributed by atoms with Crippen molar-refractivity contribution in [3.05, 3.63) is 76.0 Å². The van der Waals surface area contributed by atoms with Gasteiger partial charge in [0.25, 0.3) is 5.91 Å². The molecule has 2 aromatic carbocycles. The second-order valence-electron chi connectivity index (χ2n) is 11.2. The van der Waals surface area contributed by atoms with Gasteiger partial charge >= 0.3 is 0 Å². The van der Waals surface area contributed by atoms with Crippen LogP contribution in [0, 0.1) is 18.6 Å². The summed E-state index contributed by atoms with van der Waals surface area (Å²) in [5.74, 6) is -0.891. The van der Waals surface area contributed by atoms with E-state index < -0.39 is 5.82 Å². The summed E-state index contributed by atoms with van der Waals surface area (Å²) in [6.07, 6.45) is 7.52. The van der Waals surface area contributed by atoms with Crippen LogP contribution in [0.1, 0.15) is 73.6 Å². The van der Waals surface area contributed by atoms with Crippen LogP contribution in [0.2, 0.25) is 5.02 Å². The third-order valence-corrected chi connectivity index (χ3v) is 8.32. The maximum absolute atomic E-state index is 14.8. The maximum atomic E-state index is 14.8. The Morgan fingerprint density at radius 2 is 1.67 bits per heavy atom. The van der Waals surface area contributed by atoms with Crippen molar-refractivity contribution in [2.45, 2.75) is 65.3 Å². The molecule has 3 aromatic rings. The number of aryl methyl sites for hydroxylation is 1. The van der Waals surface area contributed by atoms with Crippen molar-refractivity contribution in [3.63, 3.8) is 0 Å². The zero-order chi connectivity index (χ0) is 30.8. The van der Waals surface area contributed by atoms with Crippen LogP contribution in [-0.4, -0.2) is 70.9 Å². The molecule has 7 nitrogen and oxygen atoms in total. The molecule has 1 aliphatic heterocycles. The van der Waals surface area contributed by atoms with E-state index in [1.165, 1.54) is 56.0 Å². The van der Waals surface area contributed by atoms with E-state index in [1.54, 1.807) is 24.0 Å². The first kappa shape index (κ1) is 32.6. The normalized spacial score (nSPS) is 13.8. The second kappa shape index (κ2) is 16.0. The number of nitrogens with zero attached hydrogens (tertiary/aromatic N) is 4. The van der Waals surface area contributed by atoms with Crippen molar-refractivity contribution < 1.29 is 22.9 Å². The second-order valence-corrected chi connectivity index (χ2v) is 11.6. The molecule has 0 saturated carbocycles. The van der Waals surface area contributed by atoms with Gasteiger partial charge in [0.15, 0.2) is 0 Å². The lowest BCUT2D eigenvalue weighted by Gasteiger charge is -2.36. The van der Waals surface area contributed by atoms with Crippen LogP contribution < -0.4 is 0 Å². The lowest BCUT2D eigenvalue weighted by Crippen LogP contribution is -2.50. The number of benzene rings is 2. The molecule has 4 rings (SSSR count). The van der Waals surface area contributed by atoms with E-state index >= 15 is 0 Å². The molecule has 10 heteroatoms. The van der Waals surface area contributed by atoms with Gasteiger partial charge < -0.3 is 14.3 Å². The van der Waals surface area contributed by atoms with E-state index in [4.69, 9.17) is 16.1 Å². The predicted octanol–water partition coefficient (Wildman–Crippen LogP) is 7.12. The number of aromatic nitrogens is 1. The molecule has 2 heterocycles. The topological polar surface area (TPSA) is 69.9 Å². The van der Waals surface area contributed by atoms with E-state index in [2.05, 4.69) is 17.0 Å². The van der Waals surface area contributed by atoms with Gasteiger partial charge in [-0.05, 0) is 43.2 Å². The first-order chi connectivity index (χ1) is 20.8. The summed E-state index contributed by atoms with van der Waals surface area (Å²) in [6.45, 7) is 7.68. The number of piperazine rings is 1. The summed E-state index contributed by atoms with van der Waals surface area (Å²) >= 11 is 6.31. The van der Waals surface area contributed by atoms with Crippen molar-refractivity contribution in [1.82, 2.24) is 19.9 Å². The number of carbonyl (C=O) groups excluding carboxylic acids is 2. The van der Waals surface area contributed by atoms with Crippen LogP contribution in [-0.2, 0) is 11.3 Å². The first-order valence-electron chi connectivity index (χ1n) is 15.2.